The number of nitrogens with one attached hydrogen (secondary N) is 1. The summed E-state index contributed by atoms with van der Waals surface area (Å²) >= 11 is 5.68. The number of benzene rings is 1. The highest BCUT2D eigenvalue weighted by Gasteiger charge is 2.08. The Labute approximate surface area is 110 Å². The van der Waals surface area contributed by atoms with E-state index in [1.807, 2.05) is 31.2 Å². The summed E-state index contributed by atoms with van der Waals surface area (Å²) in [5.74, 6) is -0.284. The molecule has 1 N–H and O–H groups in total. The van der Waals surface area contributed by atoms with Crippen LogP contribution in [0.25, 0.3) is 0 Å². The second-order valence-electron chi connectivity index (χ2n) is 3.84. The van der Waals surface area contributed by atoms with Gasteiger partial charge in [-0.25, -0.2) is 4.98 Å². The first kappa shape index (κ1) is 12.5. The lowest BCUT2D eigenvalue weighted by Gasteiger charge is -2.07. The van der Waals surface area contributed by atoms with E-state index in [9.17, 15) is 4.79 Å². The van der Waals surface area contributed by atoms with Gasteiger partial charge in [0.25, 0.3) is 5.91 Å². The molecule has 0 aliphatic rings. The summed E-state index contributed by atoms with van der Waals surface area (Å²) in [6.45, 7) is 2.46. The van der Waals surface area contributed by atoms with Gasteiger partial charge in [-0.3, -0.25) is 9.78 Å². The maximum atomic E-state index is 11.8. The summed E-state index contributed by atoms with van der Waals surface area (Å²) in [5.41, 5.74) is 2.42. The Balaban J connectivity index is 2.03. The van der Waals surface area contributed by atoms with Crippen molar-refractivity contribution in [3.8, 4) is 0 Å². The fourth-order valence-electron chi connectivity index (χ4n) is 1.53. The van der Waals surface area contributed by atoms with Gasteiger partial charge in [0, 0.05) is 6.54 Å². The minimum absolute atomic E-state index is 0.207. The first-order valence-corrected chi connectivity index (χ1v) is 5.85. The molecule has 2 rings (SSSR count). The largest absolute Gasteiger partial charge is 0.347 e. The third kappa shape index (κ3) is 3.05. The molecule has 0 spiro atoms. The molecule has 0 aliphatic heterocycles. The van der Waals surface area contributed by atoms with Crippen molar-refractivity contribution in [2.45, 2.75) is 13.5 Å². The van der Waals surface area contributed by atoms with Gasteiger partial charge in [-0.1, -0.05) is 35.9 Å². The molecule has 0 saturated heterocycles. The van der Waals surface area contributed by atoms with E-state index in [4.69, 9.17) is 11.6 Å². The summed E-state index contributed by atoms with van der Waals surface area (Å²) in [6.07, 6.45) is 2.78. The monoisotopic (exact) mass is 261 g/mol. The minimum atomic E-state index is -0.284. The standard InChI is InChI=1S/C13H12ClN3O/c1-9-4-2-3-5-10(9)6-16-13(18)11-7-15-8-12(14)17-11/h2-5,7-8H,6H2,1H3,(H,16,18). The van der Waals surface area contributed by atoms with Crippen LogP contribution < -0.4 is 5.32 Å². The summed E-state index contributed by atoms with van der Waals surface area (Å²) in [6, 6.07) is 7.87. The molecule has 4 nitrogen and oxygen atoms in total. The Bertz CT molecular complexity index is 572. The maximum Gasteiger partial charge on any atom is 0.271 e. The number of carbonyl (C=O) groups is 1. The molecule has 0 saturated carbocycles. The number of nitrogens with zero attached hydrogens (tertiary/aromatic N) is 2. The first-order chi connectivity index (χ1) is 8.66. The van der Waals surface area contributed by atoms with Crippen LogP contribution in [0.4, 0.5) is 0 Å². The summed E-state index contributed by atoms with van der Waals surface area (Å²) < 4.78 is 0. The third-order valence-electron chi connectivity index (χ3n) is 2.54. The second kappa shape index (κ2) is 5.60. The lowest BCUT2D eigenvalue weighted by atomic mass is 10.1. The zero-order valence-electron chi connectivity index (χ0n) is 9.85. The van der Waals surface area contributed by atoms with E-state index < -0.39 is 0 Å². The van der Waals surface area contributed by atoms with E-state index in [1.54, 1.807) is 0 Å². The van der Waals surface area contributed by atoms with Crippen molar-refractivity contribution in [1.29, 1.82) is 0 Å². The average molecular weight is 262 g/mol. The summed E-state index contributed by atoms with van der Waals surface area (Å²) in [7, 11) is 0. The van der Waals surface area contributed by atoms with Crippen LogP contribution in [0, 0.1) is 6.92 Å². The van der Waals surface area contributed by atoms with Crippen LogP contribution in [0.1, 0.15) is 21.6 Å². The molecule has 1 heterocycles. The molecule has 18 heavy (non-hydrogen) atoms. The zero-order chi connectivity index (χ0) is 13.0. The van der Waals surface area contributed by atoms with Crippen LogP contribution in [0.2, 0.25) is 5.15 Å². The molecule has 92 valence electrons. The van der Waals surface area contributed by atoms with Crippen LogP contribution in [0.5, 0.6) is 0 Å². The molecule has 1 aromatic carbocycles. The first-order valence-electron chi connectivity index (χ1n) is 5.47. The number of aryl methyl sites for hydroxylation is 1. The number of rotatable bonds is 3. The zero-order valence-corrected chi connectivity index (χ0v) is 10.6. The topological polar surface area (TPSA) is 54.9 Å². The minimum Gasteiger partial charge on any atom is -0.347 e. The fraction of sp³-hybridized carbons (Fsp3) is 0.154. The van der Waals surface area contributed by atoms with E-state index in [2.05, 4.69) is 15.3 Å². The molecule has 0 aliphatic carbocycles. The summed E-state index contributed by atoms with van der Waals surface area (Å²) in [4.78, 5) is 19.5. The van der Waals surface area contributed by atoms with E-state index in [0.717, 1.165) is 11.1 Å². The van der Waals surface area contributed by atoms with Crippen molar-refractivity contribution in [2.75, 3.05) is 0 Å². The van der Waals surface area contributed by atoms with Gasteiger partial charge < -0.3 is 5.32 Å². The molecule has 0 atom stereocenters. The number of hydrogen-bond donors (Lipinski definition) is 1. The van der Waals surface area contributed by atoms with Crippen molar-refractivity contribution >= 4 is 17.5 Å². The number of halogens is 1. The molecule has 5 heteroatoms. The SMILES string of the molecule is Cc1ccccc1CNC(=O)c1cncc(Cl)n1. The van der Waals surface area contributed by atoms with Crippen molar-refractivity contribution in [2.24, 2.45) is 0 Å². The lowest BCUT2D eigenvalue weighted by Crippen LogP contribution is -2.24. The van der Waals surface area contributed by atoms with Crippen LogP contribution >= 0.6 is 11.6 Å². The molecular weight excluding hydrogens is 250 g/mol. The molecule has 1 aromatic heterocycles. The van der Waals surface area contributed by atoms with Crippen LogP contribution in [-0.4, -0.2) is 15.9 Å². The molecular formula is C13H12ClN3O. The molecule has 0 fully saturated rings. The van der Waals surface area contributed by atoms with Gasteiger partial charge in [0.05, 0.1) is 12.4 Å². The Morgan fingerprint density at radius 2 is 2.11 bits per heavy atom. The molecule has 1 amide bonds. The van der Waals surface area contributed by atoms with Crippen LogP contribution in [0.15, 0.2) is 36.7 Å². The highest BCUT2D eigenvalue weighted by atomic mass is 35.5. The third-order valence-corrected chi connectivity index (χ3v) is 2.72. The molecule has 2 aromatic rings. The Hall–Kier alpha value is -1.94. The van der Waals surface area contributed by atoms with E-state index in [1.165, 1.54) is 12.4 Å². The van der Waals surface area contributed by atoms with Gasteiger partial charge in [0.1, 0.15) is 10.8 Å². The quantitative estimate of drug-likeness (QED) is 0.923. The van der Waals surface area contributed by atoms with Crippen molar-refractivity contribution in [3.63, 3.8) is 0 Å². The van der Waals surface area contributed by atoms with Crippen molar-refractivity contribution in [3.05, 3.63) is 58.6 Å². The van der Waals surface area contributed by atoms with Crippen LogP contribution in [-0.2, 0) is 6.54 Å². The van der Waals surface area contributed by atoms with E-state index >= 15 is 0 Å². The normalized spacial score (nSPS) is 10.1. The van der Waals surface area contributed by atoms with Gasteiger partial charge in [0.2, 0.25) is 0 Å². The smallest absolute Gasteiger partial charge is 0.271 e. The Kier molecular flexibility index (Phi) is 3.89. The lowest BCUT2D eigenvalue weighted by molar-refractivity contribution is 0.0945. The maximum absolute atomic E-state index is 11.8. The van der Waals surface area contributed by atoms with Crippen molar-refractivity contribution in [1.82, 2.24) is 15.3 Å². The molecule has 0 radical (unpaired) electrons. The fourth-order valence-corrected chi connectivity index (χ4v) is 1.67. The number of hydrogen-bond acceptors (Lipinski definition) is 3. The highest BCUT2D eigenvalue weighted by Crippen LogP contribution is 2.07. The second-order valence-corrected chi connectivity index (χ2v) is 4.22. The number of amides is 1. The Morgan fingerprint density at radius 1 is 1.33 bits per heavy atom. The molecule has 0 bridgehead atoms. The average Bonchev–Trinajstić information content (AvgIpc) is 2.37. The predicted molar refractivity (Wildman–Crippen MR) is 69.4 cm³/mol. The predicted octanol–water partition coefficient (Wildman–Crippen LogP) is 2.37. The van der Waals surface area contributed by atoms with Gasteiger partial charge in [-0.15, -0.1) is 0 Å². The van der Waals surface area contributed by atoms with Gasteiger partial charge in [0.15, 0.2) is 0 Å². The number of aromatic nitrogens is 2. The van der Waals surface area contributed by atoms with Gasteiger partial charge in [-0.05, 0) is 18.1 Å². The Morgan fingerprint density at radius 3 is 2.83 bits per heavy atom. The highest BCUT2D eigenvalue weighted by molar-refractivity contribution is 6.29. The van der Waals surface area contributed by atoms with Gasteiger partial charge in [-0.2, -0.15) is 0 Å². The van der Waals surface area contributed by atoms with E-state index in [-0.39, 0.29) is 16.8 Å². The van der Waals surface area contributed by atoms with E-state index in [0.29, 0.717) is 6.54 Å². The number of carbonyl (C=O) groups excluding carboxylic acids is 1. The van der Waals surface area contributed by atoms with Crippen LogP contribution in [0.3, 0.4) is 0 Å². The summed E-state index contributed by atoms with van der Waals surface area (Å²) in [5, 5.41) is 2.99. The molecule has 0 unspecified atom stereocenters. The van der Waals surface area contributed by atoms with Gasteiger partial charge >= 0.3 is 0 Å². The van der Waals surface area contributed by atoms with Crippen molar-refractivity contribution < 1.29 is 4.79 Å².